The van der Waals surface area contributed by atoms with E-state index in [-0.39, 0.29) is 6.10 Å². The van der Waals surface area contributed by atoms with Crippen LogP contribution in [0.3, 0.4) is 0 Å². The molecule has 1 aliphatic heterocycles. The van der Waals surface area contributed by atoms with E-state index in [9.17, 15) is 8.42 Å². The van der Waals surface area contributed by atoms with Crippen LogP contribution in [0.2, 0.25) is 0 Å². The summed E-state index contributed by atoms with van der Waals surface area (Å²) in [4.78, 5) is 4.41. The maximum absolute atomic E-state index is 12.4. The normalized spacial score (nSPS) is 16.6. The maximum atomic E-state index is 12.4. The molecule has 0 atom stereocenters. The molecule has 120 valence electrons. The Morgan fingerprint density at radius 2 is 1.96 bits per heavy atom. The Bertz CT molecular complexity index is 927. The summed E-state index contributed by atoms with van der Waals surface area (Å²) in [7, 11) is -3.41. The highest BCUT2D eigenvalue weighted by Gasteiger charge is 2.39. The highest BCUT2D eigenvalue weighted by atomic mass is 79.9. The zero-order valence-corrected chi connectivity index (χ0v) is 15.7. The molecular formula is C14H11BrN2O3S3. The van der Waals surface area contributed by atoms with Crippen molar-refractivity contribution in [2.75, 3.05) is 13.1 Å². The Morgan fingerprint density at radius 3 is 2.65 bits per heavy atom. The number of nitrogens with zero attached hydrogens (tertiary/aromatic N) is 2. The van der Waals surface area contributed by atoms with Crippen molar-refractivity contribution in [3.63, 3.8) is 0 Å². The van der Waals surface area contributed by atoms with Gasteiger partial charge in [-0.15, -0.1) is 11.3 Å². The Balaban J connectivity index is 1.43. The van der Waals surface area contributed by atoms with Crippen molar-refractivity contribution < 1.29 is 13.2 Å². The predicted octanol–water partition coefficient (Wildman–Crippen LogP) is 3.57. The highest BCUT2D eigenvalue weighted by molar-refractivity contribution is 9.11. The number of fused-ring (bicyclic) bond motifs is 1. The van der Waals surface area contributed by atoms with Gasteiger partial charge >= 0.3 is 0 Å². The van der Waals surface area contributed by atoms with Gasteiger partial charge in [-0.3, -0.25) is 0 Å². The molecule has 0 N–H and O–H groups in total. The zero-order chi connectivity index (χ0) is 16.0. The van der Waals surface area contributed by atoms with Crippen LogP contribution in [0, 0.1) is 0 Å². The van der Waals surface area contributed by atoms with Gasteiger partial charge in [-0.05, 0) is 40.2 Å². The first-order valence-corrected chi connectivity index (χ1v) is 10.7. The van der Waals surface area contributed by atoms with Gasteiger partial charge in [-0.25, -0.2) is 13.4 Å². The van der Waals surface area contributed by atoms with E-state index >= 15 is 0 Å². The number of hydrogen-bond donors (Lipinski definition) is 0. The van der Waals surface area contributed by atoms with Gasteiger partial charge in [0.15, 0.2) is 0 Å². The smallest absolute Gasteiger partial charge is 0.274 e. The molecule has 23 heavy (non-hydrogen) atoms. The SMILES string of the molecule is O=S(=O)(c1ccc(Br)s1)N1CC(Oc2nc3ccccc3s2)C1. The van der Waals surface area contributed by atoms with Crippen molar-refractivity contribution in [3.8, 4) is 5.19 Å². The number of sulfonamides is 1. The fraction of sp³-hybridized carbons (Fsp3) is 0.214. The average molecular weight is 431 g/mol. The summed E-state index contributed by atoms with van der Waals surface area (Å²) in [6.45, 7) is 0.710. The molecule has 3 aromatic rings. The topological polar surface area (TPSA) is 59.5 Å². The van der Waals surface area contributed by atoms with Crippen LogP contribution in [0.25, 0.3) is 10.2 Å². The first-order valence-electron chi connectivity index (χ1n) is 6.80. The van der Waals surface area contributed by atoms with Crippen molar-refractivity contribution in [2.24, 2.45) is 0 Å². The second kappa shape index (κ2) is 5.82. The molecule has 0 spiro atoms. The second-order valence-electron chi connectivity index (χ2n) is 5.07. The van der Waals surface area contributed by atoms with Gasteiger partial charge < -0.3 is 4.74 Å². The Hall–Kier alpha value is -1.00. The first kappa shape index (κ1) is 15.5. The van der Waals surface area contributed by atoms with Gasteiger partial charge in [0.05, 0.1) is 27.1 Å². The van der Waals surface area contributed by atoms with Crippen molar-refractivity contribution in [1.82, 2.24) is 9.29 Å². The van der Waals surface area contributed by atoms with E-state index in [2.05, 4.69) is 20.9 Å². The summed E-state index contributed by atoms with van der Waals surface area (Å²) in [6.07, 6.45) is -0.145. The lowest BCUT2D eigenvalue weighted by atomic mass is 10.2. The third-order valence-electron chi connectivity index (χ3n) is 3.50. The molecule has 0 radical (unpaired) electrons. The van der Waals surface area contributed by atoms with Gasteiger partial charge in [0, 0.05) is 0 Å². The number of para-hydroxylation sites is 1. The number of benzene rings is 1. The van der Waals surface area contributed by atoms with E-state index in [1.807, 2.05) is 24.3 Å². The number of thiophene rings is 1. The lowest BCUT2D eigenvalue weighted by Gasteiger charge is -2.36. The van der Waals surface area contributed by atoms with Crippen LogP contribution >= 0.6 is 38.6 Å². The van der Waals surface area contributed by atoms with Crippen LogP contribution in [0.5, 0.6) is 5.19 Å². The number of hydrogen-bond acceptors (Lipinski definition) is 6. The van der Waals surface area contributed by atoms with Gasteiger partial charge in [0.2, 0.25) is 0 Å². The van der Waals surface area contributed by atoms with Crippen LogP contribution in [0.1, 0.15) is 0 Å². The average Bonchev–Trinajstić information content (AvgIpc) is 3.07. The lowest BCUT2D eigenvalue weighted by Crippen LogP contribution is -2.55. The molecule has 1 aromatic carbocycles. The number of aromatic nitrogens is 1. The number of halogens is 1. The molecule has 1 fully saturated rings. The molecule has 2 aromatic heterocycles. The summed E-state index contributed by atoms with van der Waals surface area (Å²) >= 11 is 5.98. The molecule has 0 aliphatic carbocycles. The molecule has 3 heterocycles. The van der Waals surface area contributed by atoms with E-state index < -0.39 is 10.0 Å². The quantitative estimate of drug-likeness (QED) is 0.634. The fourth-order valence-electron chi connectivity index (χ4n) is 2.28. The Morgan fingerprint density at radius 1 is 1.17 bits per heavy atom. The highest BCUT2D eigenvalue weighted by Crippen LogP contribution is 2.33. The van der Waals surface area contributed by atoms with Crippen molar-refractivity contribution in [3.05, 3.63) is 40.2 Å². The minimum Gasteiger partial charge on any atom is -0.464 e. The standard InChI is InChI=1S/C14H11BrN2O3S3/c15-12-5-6-13(22-12)23(18,19)17-7-9(8-17)20-14-16-10-3-1-2-4-11(10)21-14/h1-6,9H,7-8H2. The first-order chi connectivity index (χ1) is 11.0. The molecular weight excluding hydrogens is 420 g/mol. The summed E-state index contributed by atoms with van der Waals surface area (Å²) in [5, 5.41) is 0.590. The van der Waals surface area contributed by atoms with Crippen LogP contribution in [-0.2, 0) is 10.0 Å². The molecule has 0 saturated carbocycles. The van der Waals surface area contributed by atoms with E-state index in [1.54, 1.807) is 12.1 Å². The van der Waals surface area contributed by atoms with Crippen LogP contribution < -0.4 is 4.74 Å². The molecule has 5 nitrogen and oxygen atoms in total. The predicted molar refractivity (Wildman–Crippen MR) is 94.8 cm³/mol. The minimum atomic E-state index is -3.41. The summed E-state index contributed by atoms with van der Waals surface area (Å²) in [6, 6.07) is 11.2. The molecule has 0 bridgehead atoms. The Kier molecular flexibility index (Phi) is 3.93. The summed E-state index contributed by atoms with van der Waals surface area (Å²) in [5.41, 5.74) is 0.903. The van der Waals surface area contributed by atoms with Gasteiger partial charge in [-0.1, -0.05) is 23.5 Å². The van der Waals surface area contributed by atoms with E-state index in [0.29, 0.717) is 22.5 Å². The molecule has 4 rings (SSSR count). The summed E-state index contributed by atoms with van der Waals surface area (Å²) < 4.78 is 34.3. The largest absolute Gasteiger partial charge is 0.464 e. The van der Waals surface area contributed by atoms with Gasteiger partial charge in [-0.2, -0.15) is 4.31 Å². The van der Waals surface area contributed by atoms with Crippen molar-refractivity contribution in [2.45, 2.75) is 10.3 Å². The van der Waals surface area contributed by atoms with E-state index in [1.165, 1.54) is 27.0 Å². The van der Waals surface area contributed by atoms with Crippen LogP contribution in [0.4, 0.5) is 0 Å². The molecule has 0 unspecified atom stereocenters. The van der Waals surface area contributed by atoms with Gasteiger partial charge in [0.1, 0.15) is 10.3 Å². The van der Waals surface area contributed by atoms with Crippen LogP contribution in [0.15, 0.2) is 44.4 Å². The zero-order valence-electron chi connectivity index (χ0n) is 11.7. The van der Waals surface area contributed by atoms with Gasteiger partial charge in [0.25, 0.3) is 15.2 Å². The fourth-order valence-corrected chi connectivity index (χ4v) is 6.83. The molecule has 9 heteroatoms. The third kappa shape index (κ3) is 2.91. The van der Waals surface area contributed by atoms with Crippen molar-refractivity contribution in [1.29, 1.82) is 0 Å². The molecule has 0 amide bonds. The second-order valence-corrected chi connectivity index (χ2v) is 10.7. The Labute approximate surface area is 149 Å². The maximum Gasteiger partial charge on any atom is 0.274 e. The minimum absolute atomic E-state index is 0.145. The van der Waals surface area contributed by atoms with E-state index in [4.69, 9.17) is 4.74 Å². The number of rotatable bonds is 4. The number of thiazole rings is 1. The van der Waals surface area contributed by atoms with E-state index in [0.717, 1.165) is 14.0 Å². The van der Waals surface area contributed by atoms with Crippen LogP contribution in [-0.4, -0.2) is 36.9 Å². The molecule has 1 saturated heterocycles. The summed E-state index contributed by atoms with van der Waals surface area (Å²) in [5.74, 6) is 0. The van der Waals surface area contributed by atoms with Crippen molar-refractivity contribution >= 4 is 58.8 Å². The third-order valence-corrected chi connectivity index (χ3v) is 8.35. The molecule has 1 aliphatic rings. The monoisotopic (exact) mass is 430 g/mol. The lowest BCUT2D eigenvalue weighted by molar-refractivity contribution is 0.0763. The number of ether oxygens (including phenoxy) is 1.